The largest absolute Gasteiger partial charge is 0.413 e. The minimum absolute atomic E-state index is 0.137. The van der Waals surface area contributed by atoms with Crippen LogP contribution >= 0.6 is 11.6 Å². The first-order chi connectivity index (χ1) is 15.1. The van der Waals surface area contributed by atoms with Crippen molar-refractivity contribution in [1.82, 2.24) is 25.3 Å². The van der Waals surface area contributed by atoms with Gasteiger partial charge in [-0.2, -0.15) is 0 Å². The van der Waals surface area contributed by atoms with E-state index in [0.29, 0.717) is 29.2 Å². The molecule has 0 spiro atoms. The first kappa shape index (κ1) is 20.4. The van der Waals surface area contributed by atoms with Gasteiger partial charge in [-0.05, 0) is 35.7 Å². The van der Waals surface area contributed by atoms with Crippen LogP contribution in [0.25, 0.3) is 22.4 Å². The van der Waals surface area contributed by atoms with E-state index in [1.54, 1.807) is 36.9 Å². The summed E-state index contributed by atoms with van der Waals surface area (Å²) in [6.07, 6.45) is 6.89. The second kappa shape index (κ2) is 9.27. The van der Waals surface area contributed by atoms with Crippen molar-refractivity contribution in [3.05, 3.63) is 77.8 Å². The summed E-state index contributed by atoms with van der Waals surface area (Å²) in [6.45, 7) is 0.430. The fourth-order valence-corrected chi connectivity index (χ4v) is 3.23. The third-order valence-electron chi connectivity index (χ3n) is 4.48. The summed E-state index contributed by atoms with van der Waals surface area (Å²) in [7, 11) is 0. The number of carbonyl (C=O) groups is 1. The second-order valence-electron chi connectivity index (χ2n) is 6.68. The smallest absolute Gasteiger partial charge is 0.393 e. The van der Waals surface area contributed by atoms with Crippen molar-refractivity contribution in [2.45, 2.75) is 6.42 Å². The van der Waals surface area contributed by atoms with Gasteiger partial charge in [0.1, 0.15) is 0 Å². The maximum absolute atomic E-state index is 12.1. The van der Waals surface area contributed by atoms with Crippen molar-refractivity contribution in [1.29, 1.82) is 0 Å². The van der Waals surface area contributed by atoms with Crippen LogP contribution in [0.3, 0.4) is 0 Å². The lowest BCUT2D eigenvalue weighted by molar-refractivity contribution is 0.199. The molecule has 4 N–H and O–H groups in total. The molecule has 0 aliphatic rings. The highest BCUT2D eigenvalue weighted by Gasteiger charge is 2.14. The van der Waals surface area contributed by atoms with E-state index < -0.39 is 6.09 Å². The number of ether oxygens (including phenoxy) is 1. The number of anilines is 1. The van der Waals surface area contributed by atoms with Crippen molar-refractivity contribution in [3.63, 3.8) is 0 Å². The van der Waals surface area contributed by atoms with E-state index in [2.05, 4.69) is 25.3 Å². The number of nitrogens with two attached hydrogens (primary N) is 1. The topological polar surface area (TPSA) is 119 Å². The van der Waals surface area contributed by atoms with E-state index in [0.717, 1.165) is 16.7 Å². The van der Waals surface area contributed by atoms with Crippen LogP contribution in [0.4, 0.5) is 10.7 Å². The van der Waals surface area contributed by atoms with Gasteiger partial charge in [-0.15, -0.1) is 0 Å². The maximum atomic E-state index is 12.1. The van der Waals surface area contributed by atoms with Gasteiger partial charge in [0.25, 0.3) is 0 Å². The highest BCUT2D eigenvalue weighted by molar-refractivity contribution is 6.30. The summed E-state index contributed by atoms with van der Waals surface area (Å²) < 4.78 is 5.33. The van der Waals surface area contributed by atoms with Crippen LogP contribution < -0.4 is 15.8 Å². The van der Waals surface area contributed by atoms with E-state index in [1.165, 1.54) is 0 Å². The molecule has 0 aliphatic heterocycles. The van der Waals surface area contributed by atoms with Gasteiger partial charge in [0.15, 0.2) is 0 Å². The average molecular weight is 435 g/mol. The average Bonchev–Trinajstić information content (AvgIpc) is 3.22. The molecule has 0 fully saturated rings. The van der Waals surface area contributed by atoms with E-state index in [-0.39, 0.29) is 11.8 Å². The van der Waals surface area contributed by atoms with Gasteiger partial charge in [0.2, 0.25) is 11.8 Å². The lowest BCUT2D eigenvalue weighted by Gasteiger charge is -2.08. The van der Waals surface area contributed by atoms with Crippen molar-refractivity contribution in [2.75, 3.05) is 12.3 Å². The Balaban J connectivity index is 1.46. The summed E-state index contributed by atoms with van der Waals surface area (Å²) in [4.78, 5) is 27.5. The summed E-state index contributed by atoms with van der Waals surface area (Å²) in [6, 6.07) is 12.8. The molecule has 9 heteroatoms. The number of hydrogen-bond donors (Lipinski definition) is 3. The van der Waals surface area contributed by atoms with E-state index >= 15 is 0 Å². The van der Waals surface area contributed by atoms with Gasteiger partial charge in [0, 0.05) is 53.5 Å². The molecule has 0 saturated carbocycles. The molecule has 31 heavy (non-hydrogen) atoms. The van der Waals surface area contributed by atoms with Crippen LogP contribution in [-0.4, -0.2) is 32.6 Å². The fourth-order valence-electron chi connectivity index (χ4n) is 3.04. The molecule has 1 aromatic carbocycles. The molecular weight excluding hydrogens is 416 g/mol. The zero-order valence-electron chi connectivity index (χ0n) is 16.4. The van der Waals surface area contributed by atoms with Crippen molar-refractivity contribution in [2.24, 2.45) is 0 Å². The Morgan fingerprint density at radius 2 is 2.06 bits per heavy atom. The van der Waals surface area contributed by atoms with E-state index in [9.17, 15) is 4.79 Å². The van der Waals surface area contributed by atoms with E-state index in [4.69, 9.17) is 22.1 Å². The quantitative estimate of drug-likeness (QED) is 0.420. The minimum atomic E-state index is -0.561. The van der Waals surface area contributed by atoms with Gasteiger partial charge in [-0.1, -0.05) is 29.8 Å². The third kappa shape index (κ3) is 5.18. The molecule has 8 nitrogen and oxygen atoms in total. The Labute approximate surface area is 183 Å². The van der Waals surface area contributed by atoms with Crippen LogP contribution in [0, 0.1) is 0 Å². The summed E-state index contributed by atoms with van der Waals surface area (Å²) in [5, 5.41) is 3.31. The van der Waals surface area contributed by atoms with Gasteiger partial charge >= 0.3 is 6.09 Å². The first-order valence-corrected chi connectivity index (χ1v) is 9.88. The Bertz CT molecular complexity index is 1200. The number of nitrogens with zero attached hydrogens (tertiary/aromatic N) is 3. The fraction of sp³-hybridized carbons (Fsp3) is 0.0909. The molecule has 156 valence electrons. The number of aromatic amines is 1. The molecule has 4 aromatic rings. The Kier molecular flexibility index (Phi) is 6.09. The number of pyridine rings is 1. The van der Waals surface area contributed by atoms with Crippen molar-refractivity contribution in [3.8, 4) is 28.3 Å². The van der Waals surface area contributed by atoms with Crippen molar-refractivity contribution < 1.29 is 9.53 Å². The van der Waals surface area contributed by atoms with Gasteiger partial charge in [0.05, 0.1) is 5.69 Å². The Morgan fingerprint density at radius 1 is 1.16 bits per heavy atom. The second-order valence-corrected chi connectivity index (χ2v) is 7.12. The SMILES string of the molecule is Nc1ncc(-c2cccc(Cl)c2)c(-c2c[nH]c(OC(=O)NCCc3cccnc3)c2)n1. The standard InChI is InChI=1S/C22H19ClN6O2/c23-17-5-1-4-15(9-17)18-13-28-21(24)29-20(18)16-10-19(27-12-16)31-22(30)26-8-6-14-3-2-7-25-11-14/h1-5,7,9-13,27H,6,8H2,(H,26,30)(H2,24,28,29). The number of hydrogen-bond acceptors (Lipinski definition) is 6. The van der Waals surface area contributed by atoms with Crippen LogP contribution in [0.1, 0.15) is 5.56 Å². The predicted octanol–water partition coefficient (Wildman–Crippen LogP) is 4.10. The maximum Gasteiger partial charge on any atom is 0.413 e. The molecule has 0 atom stereocenters. The molecule has 0 saturated heterocycles. The Hall–Kier alpha value is -3.91. The number of nitrogens with one attached hydrogen (secondary N) is 2. The van der Waals surface area contributed by atoms with E-state index in [1.807, 2.05) is 30.3 Å². The van der Waals surface area contributed by atoms with Crippen molar-refractivity contribution >= 4 is 23.6 Å². The van der Waals surface area contributed by atoms with Gasteiger partial charge < -0.3 is 20.8 Å². The molecule has 1 amide bonds. The monoisotopic (exact) mass is 434 g/mol. The van der Waals surface area contributed by atoms with Crippen LogP contribution in [-0.2, 0) is 6.42 Å². The zero-order chi connectivity index (χ0) is 21.6. The number of nitrogen functional groups attached to an aromatic ring is 1. The van der Waals surface area contributed by atoms with Crippen LogP contribution in [0.15, 0.2) is 67.3 Å². The van der Waals surface area contributed by atoms with Crippen LogP contribution in [0.5, 0.6) is 5.88 Å². The molecule has 3 heterocycles. The van der Waals surface area contributed by atoms with Gasteiger partial charge in [-0.3, -0.25) is 4.98 Å². The van der Waals surface area contributed by atoms with Crippen LogP contribution in [0.2, 0.25) is 5.02 Å². The molecule has 0 bridgehead atoms. The summed E-state index contributed by atoms with van der Waals surface area (Å²) in [5.74, 6) is 0.417. The number of rotatable bonds is 6. The number of halogens is 1. The number of aromatic nitrogens is 4. The lowest BCUT2D eigenvalue weighted by Crippen LogP contribution is -2.28. The number of amides is 1. The molecule has 0 aliphatic carbocycles. The molecular formula is C22H19ClN6O2. The predicted molar refractivity (Wildman–Crippen MR) is 119 cm³/mol. The first-order valence-electron chi connectivity index (χ1n) is 9.50. The molecule has 0 unspecified atom stereocenters. The summed E-state index contributed by atoms with van der Waals surface area (Å²) >= 11 is 6.13. The third-order valence-corrected chi connectivity index (χ3v) is 4.72. The highest BCUT2D eigenvalue weighted by Crippen LogP contribution is 2.33. The number of benzene rings is 1. The Morgan fingerprint density at radius 3 is 2.87 bits per heavy atom. The number of H-pyrrole nitrogens is 1. The zero-order valence-corrected chi connectivity index (χ0v) is 17.1. The highest BCUT2D eigenvalue weighted by atomic mass is 35.5. The molecule has 0 radical (unpaired) electrons. The minimum Gasteiger partial charge on any atom is -0.393 e. The lowest BCUT2D eigenvalue weighted by atomic mass is 10.0. The molecule has 3 aromatic heterocycles. The number of carbonyl (C=O) groups excluding carboxylic acids is 1. The summed E-state index contributed by atoms with van der Waals surface area (Å²) in [5.41, 5.74) is 9.72. The van der Waals surface area contributed by atoms with Gasteiger partial charge in [-0.25, -0.2) is 14.8 Å². The molecule has 4 rings (SSSR count). The normalized spacial score (nSPS) is 10.6.